The molecule has 0 atom stereocenters. The minimum atomic E-state index is -5.14. The smallest absolute Gasteiger partial charge is 0.335 e. The van der Waals surface area contributed by atoms with E-state index in [0.29, 0.717) is 5.56 Å². The molecule has 0 saturated heterocycles. The molecule has 0 aliphatic carbocycles. The number of benzene rings is 2. The first-order chi connectivity index (χ1) is 12.8. The third kappa shape index (κ3) is 6.27. The molecule has 0 unspecified atom stereocenters. The van der Waals surface area contributed by atoms with Crippen molar-refractivity contribution in [3.05, 3.63) is 53.1 Å². The van der Waals surface area contributed by atoms with Crippen LogP contribution in [0, 0.1) is 6.92 Å². The topological polar surface area (TPSA) is 181 Å². The largest absolute Gasteiger partial charge is 0.478 e. The van der Waals surface area contributed by atoms with Gasteiger partial charge in [-0.2, -0.15) is 0 Å². The number of amides is 1. The minimum Gasteiger partial charge on any atom is -0.478 e. The Hall–Kier alpha value is -3.07. The Kier molecular flexibility index (Phi) is 7.57. The second-order valence-electron chi connectivity index (χ2n) is 5.54. The van der Waals surface area contributed by atoms with Gasteiger partial charge in [0.15, 0.2) is 0 Å². The van der Waals surface area contributed by atoms with Gasteiger partial charge in [-0.25, -0.2) is 9.59 Å². The number of carbonyl (C=O) groups excluding carboxylic acids is 1. The molecule has 0 aliphatic heterocycles. The summed E-state index contributed by atoms with van der Waals surface area (Å²) >= 11 is -5.14. The van der Waals surface area contributed by atoms with Gasteiger partial charge in [0.25, 0.3) is 0 Å². The fourth-order valence-corrected chi connectivity index (χ4v) is 3.62. The van der Waals surface area contributed by atoms with Gasteiger partial charge in [-0.15, -0.1) is 0 Å². The maximum absolute atomic E-state index is 11.1. The average molecular weight is 455 g/mol. The number of phenolic OH excluding ortho intramolecular Hbond substituents is 1. The Labute approximate surface area is 162 Å². The van der Waals surface area contributed by atoms with Crippen LogP contribution < -0.4 is 9.67 Å². The van der Waals surface area contributed by atoms with E-state index in [9.17, 15) is 23.2 Å². The molecule has 0 spiro atoms. The summed E-state index contributed by atoms with van der Waals surface area (Å²) in [7, 11) is 0. The van der Waals surface area contributed by atoms with E-state index in [2.05, 4.69) is 5.32 Å². The number of carbonyl (C=O) groups is 3. The molecular formula is C17H18AsNO9. The Morgan fingerprint density at radius 2 is 1.61 bits per heavy atom. The number of carboxylic acid groups (broad SMARTS) is 2. The van der Waals surface area contributed by atoms with Crippen LogP contribution in [0.4, 0.5) is 5.69 Å². The predicted octanol–water partition coefficient (Wildman–Crippen LogP) is 0.303. The molecule has 0 radical (unpaired) electrons. The first-order valence-electron chi connectivity index (χ1n) is 7.57. The van der Waals surface area contributed by atoms with Crippen LogP contribution in [-0.4, -0.2) is 55.5 Å². The maximum Gasteiger partial charge on any atom is 0.335 e. The summed E-state index contributed by atoms with van der Waals surface area (Å²) < 4.78 is 28.8. The van der Waals surface area contributed by atoms with E-state index in [-0.39, 0.29) is 26.9 Å². The van der Waals surface area contributed by atoms with Crippen molar-refractivity contribution in [3.63, 3.8) is 0 Å². The maximum atomic E-state index is 11.1. The van der Waals surface area contributed by atoms with Crippen molar-refractivity contribution in [2.75, 3.05) is 5.32 Å². The van der Waals surface area contributed by atoms with Crippen LogP contribution in [0.15, 0.2) is 36.4 Å². The first kappa shape index (κ1) is 23.0. The van der Waals surface area contributed by atoms with Gasteiger partial charge in [-0.05, 0) is 24.6 Å². The number of phenols is 1. The van der Waals surface area contributed by atoms with Crippen molar-refractivity contribution in [2.24, 2.45) is 0 Å². The van der Waals surface area contributed by atoms with Crippen molar-refractivity contribution in [1.82, 2.24) is 0 Å². The molecule has 0 heterocycles. The summed E-state index contributed by atoms with van der Waals surface area (Å²) in [5, 5.41) is 28.8. The van der Waals surface area contributed by atoms with Gasteiger partial charge in [-0.1, -0.05) is 6.07 Å². The summed E-state index contributed by atoms with van der Waals surface area (Å²) in [6, 6.07) is 7.72. The first-order valence-corrected chi connectivity index (χ1v) is 11.0. The predicted molar refractivity (Wildman–Crippen MR) is 98.0 cm³/mol. The molecule has 2 rings (SSSR count). The van der Waals surface area contributed by atoms with E-state index in [1.54, 1.807) is 6.92 Å². The molecule has 150 valence electrons. The molecule has 2 aromatic carbocycles. The number of hydrogen-bond donors (Lipinski definition) is 6. The normalized spacial score (nSPS) is 10.4. The van der Waals surface area contributed by atoms with Gasteiger partial charge in [0, 0.05) is 0 Å². The molecule has 10 nitrogen and oxygen atoms in total. The van der Waals surface area contributed by atoms with Gasteiger partial charge in [0.2, 0.25) is 0 Å². The van der Waals surface area contributed by atoms with Crippen molar-refractivity contribution in [2.45, 2.75) is 13.8 Å². The molecule has 0 saturated carbocycles. The Balaban J connectivity index is 0.000000283. The van der Waals surface area contributed by atoms with E-state index in [1.807, 2.05) is 0 Å². The zero-order chi connectivity index (χ0) is 21.6. The summed E-state index contributed by atoms with van der Waals surface area (Å²) in [6.07, 6.45) is 0. The standard InChI is InChI=1S/C9H8O4.C8H10AsNO5/c1-5-2-3-6(8(10)11)4-7(5)9(12)13;1-5(11)10-8-6(9(13,14)15)3-2-4-7(8)12/h2-4H,1H3,(H,10,11)(H,12,13);2-4,12H,1H3,(H,10,11)(H2,13,14,15). The summed E-state index contributed by atoms with van der Waals surface area (Å²) in [4.78, 5) is 31.9. The zero-order valence-corrected chi connectivity index (χ0v) is 16.7. The van der Waals surface area contributed by atoms with Gasteiger partial charge in [0.05, 0.1) is 11.1 Å². The number of rotatable bonds is 4. The van der Waals surface area contributed by atoms with Crippen LogP contribution in [0.1, 0.15) is 33.2 Å². The molecule has 6 N–H and O–H groups in total. The van der Waals surface area contributed by atoms with E-state index in [1.165, 1.54) is 37.3 Å². The number of carboxylic acids is 2. The number of nitrogens with one attached hydrogen (secondary N) is 1. The van der Waals surface area contributed by atoms with Gasteiger partial charge in [-0.3, -0.25) is 0 Å². The number of aromatic carboxylic acids is 2. The van der Waals surface area contributed by atoms with Crippen LogP contribution >= 0.6 is 0 Å². The zero-order valence-electron chi connectivity index (χ0n) is 14.8. The third-order valence-electron chi connectivity index (χ3n) is 3.35. The Bertz CT molecular complexity index is 965. The number of anilines is 1. The van der Waals surface area contributed by atoms with E-state index in [0.717, 1.165) is 6.07 Å². The number of aromatic hydroxyl groups is 1. The van der Waals surface area contributed by atoms with Crippen LogP contribution in [0.2, 0.25) is 0 Å². The Morgan fingerprint density at radius 3 is 2.07 bits per heavy atom. The molecular weight excluding hydrogens is 437 g/mol. The summed E-state index contributed by atoms with van der Waals surface area (Å²) in [5.74, 6) is -3.11. The molecule has 0 bridgehead atoms. The molecule has 0 aliphatic rings. The number of aryl methyl sites for hydroxylation is 1. The van der Waals surface area contributed by atoms with Crippen molar-refractivity contribution in [3.8, 4) is 5.75 Å². The third-order valence-corrected chi connectivity index (χ3v) is 5.45. The van der Waals surface area contributed by atoms with Crippen LogP contribution in [0.3, 0.4) is 0 Å². The Morgan fingerprint density at radius 1 is 1.00 bits per heavy atom. The molecule has 2 aromatic rings. The van der Waals surface area contributed by atoms with Crippen LogP contribution in [-0.2, 0) is 8.53 Å². The second kappa shape index (κ2) is 9.22. The summed E-state index contributed by atoms with van der Waals surface area (Å²) in [5.41, 5.74) is 0.345. The molecule has 0 aromatic heterocycles. The molecule has 28 heavy (non-hydrogen) atoms. The molecule has 1 amide bonds. The monoisotopic (exact) mass is 455 g/mol. The average Bonchev–Trinajstić information content (AvgIpc) is 2.55. The summed E-state index contributed by atoms with van der Waals surface area (Å²) in [6.45, 7) is 2.80. The number of hydrogen-bond acceptors (Lipinski definition) is 5. The van der Waals surface area contributed by atoms with Crippen molar-refractivity contribution < 1.29 is 41.6 Å². The quantitative estimate of drug-likeness (QED) is 0.279. The fraction of sp³-hybridized carbons (Fsp3) is 0.118. The second-order valence-corrected chi connectivity index (χ2v) is 8.83. The van der Waals surface area contributed by atoms with Crippen LogP contribution in [0.5, 0.6) is 5.75 Å². The fourth-order valence-electron chi connectivity index (χ4n) is 2.06. The van der Waals surface area contributed by atoms with E-state index < -0.39 is 32.0 Å². The molecule has 0 fully saturated rings. The van der Waals surface area contributed by atoms with E-state index in [4.69, 9.17) is 18.4 Å². The van der Waals surface area contributed by atoms with Gasteiger partial charge >= 0.3 is 100 Å². The van der Waals surface area contributed by atoms with E-state index >= 15 is 0 Å². The minimum absolute atomic E-state index is 0.0111. The van der Waals surface area contributed by atoms with Crippen molar-refractivity contribution >= 4 is 42.1 Å². The van der Waals surface area contributed by atoms with Crippen molar-refractivity contribution in [1.29, 1.82) is 0 Å². The SMILES string of the molecule is CC(=O)Nc1c(O)cccc1[As](=O)(O)O.Cc1ccc(C(=O)O)cc1C(=O)O. The molecule has 11 heteroatoms. The number of para-hydroxylation sites is 1. The van der Waals surface area contributed by atoms with Crippen LogP contribution in [0.25, 0.3) is 0 Å². The van der Waals surface area contributed by atoms with Gasteiger partial charge < -0.3 is 10.2 Å². The van der Waals surface area contributed by atoms with Gasteiger partial charge in [0.1, 0.15) is 0 Å².